The highest BCUT2D eigenvalue weighted by atomic mass is 16.5. The number of para-hydroxylation sites is 1. The molecule has 1 aromatic carbocycles. The molecule has 0 bridgehead atoms. The first-order chi connectivity index (χ1) is 9.19. The van der Waals surface area contributed by atoms with Crippen LogP contribution in [0, 0.1) is 6.92 Å². The molecule has 0 spiro atoms. The molecule has 3 heteroatoms. The summed E-state index contributed by atoms with van der Waals surface area (Å²) in [6.45, 7) is 6.84. The summed E-state index contributed by atoms with van der Waals surface area (Å²) >= 11 is 0. The molecule has 1 atom stereocenters. The van der Waals surface area contributed by atoms with Crippen molar-refractivity contribution in [3.8, 4) is 5.75 Å². The Balaban J connectivity index is 2.48. The molecular weight excluding hydrogens is 238 g/mol. The van der Waals surface area contributed by atoms with E-state index in [1.165, 1.54) is 0 Å². The van der Waals surface area contributed by atoms with Crippen LogP contribution in [-0.4, -0.2) is 18.6 Å². The van der Waals surface area contributed by atoms with Gasteiger partial charge in [-0.25, -0.2) is 0 Å². The number of carbonyl (C=O) groups excluding carboxylic acids is 1. The number of rotatable bonds is 8. The lowest BCUT2D eigenvalue weighted by molar-refractivity contribution is -0.128. The van der Waals surface area contributed by atoms with Gasteiger partial charge in [0.25, 0.3) is 5.91 Å². The Labute approximate surface area is 116 Å². The first-order valence-electron chi connectivity index (χ1n) is 7.19. The number of aryl methyl sites for hydroxylation is 1. The molecule has 0 saturated heterocycles. The van der Waals surface area contributed by atoms with Crippen LogP contribution in [0.4, 0.5) is 0 Å². The molecule has 1 aromatic rings. The monoisotopic (exact) mass is 263 g/mol. The molecule has 1 amide bonds. The number of carbonyl (C=O) groups is 1. The van der Waals surface area contributed by atoms with Gasteiger partial charge < -0.3 is 10.1 Å². The Morgan fingerprint density at radius 2 is 2.00 bits per heavy atom. The maximum absolute atomic E-state index is 12.0. The van der Waals surface area contributed by atoms with E-state index in [4.69, 9.17) is 4.74 Å². The van der Waals surface area contributed by atoms with E-state index in [9.17, 15) is 4.79 Å². The molecule has 3 nitrogen and oxygen atoms in total. The lowest BCUT2D eigenvalue weighted by atomic mass is 10.2. The van der Waals surface area contributed by atoms with Gasteiger partial charge in [-0.1, -0.05) is 44.9 Å². The third kappa shape index (κ3) is 5.33. The molecule has 0 aliphatic heterocycles. The van der Waals surface area contributed by atoms with E-state index in [0.29, 0.717) is 6.42 Å². The lowest BCUT2D eigenvalue weighted by Crippen LogP contribution is -2.38. The third-order valence-corrected chi connectivity index (χ3v) is 3.11. The van der Waals surface area contributed by atoms with Gasteiger partial charge >= 0.3 is 0 Å². The fourth-order valence-corrected chi connectivity index (χ4v) is 1.86. The Morgan fingerprint density at radius 1 is 1.26 bits per heavy atom. The third-order valence-electron chi connectivity index (χ3n) is 3.11. The van der Waals surface area contributed by atoms with Gasteiger partial charge in [0.05, 0.1) is 0 Å². The largest absolute Gasteiger partial charge is 0.480 e. The standard InChI is InChI=1S/C16H25NO2/c1-4-6-9-12-17-16(18)14(5-2)19-15-11-8-7-10-13(15)3/h7-8,10-11,14H,4-6,9,12H2,1-3H3,(H,17,18)/t14-/m0/s1. The number of benzene rings is 1. The van der Waals surface area contributed by atoms with Gasteiger partial charge in [0, 0.05) is 6.54 Å². The summed E-state index contributed by atoms with van der Waals surface area (Å²) in [5.41, 5.74) is 1.06. The van der Waals surface area contributed by atoms with E-state index in [0.717, 1.165) is 37.1 Å². The zero-order valence-electron chi connectivity index (χ0n) is 12.2. The van der Waals surface area contributed by atoms with E-state index in [2.05, 4.69) is 12.2 Å². The molecule has 0 aliphatic carbocycles. The Morgan fingerprint density at radius 3 is 2.63 bits per heavy atom. The van der Waals surface area contributed by atoms with Crippen molar-refractivity contribution < 1.29 is 9.53 Å². The normalized spacial score (nSPS) is 11.9. The van der Waals surface area contributed by atoms with Crippen molar-refractivity contribution in [2.45, 2.75) is 52.6 Å². The molecule has 0 fully saturated rings. The van der Waals surface area contributed by atoms with E-state index < -0.39 is 6.10 Å². The zero-order chi connectivity index (χ0) is 14.1. The van der Waals surface area contributed by atoms with Crippen molar-refractivity contribution >= 4 is 5.91 Å². The van der Waals surface area contributed by atoms with Crippen molar-refractivity contribution in [2.24, 2.45) is 0 Å². The molecule has 0 radical (unpaired) electrons. The molecule has 0 saturated carbocycles. The lowest BCUT2D eigenvalue weighted by Gasteiger charge is -2.18. The van der Waals surface area contributed by atoms with E-state index >= 15 is 0 Å². The first-order valence-corrected chi connectivity index (χ1v) is 7.19. The average molecular weight is 263 g/mol. The van der Waals surface area contributed by atoms with Crippen LogP contribution >= 0.6 is 0 Å². The van der Waals surface area contributed by atoms with Gasteiger partial charge in [0.15, 0.2) is 6.10 Å². The summed E-state index contributed by atoms with van der Waals surface area (Å²) in [6.07, 6.45) is 3.61. The van der Waals surface area contributed by atoms with Crippen molar-refractivity contribution in [1.82, 2.24) is 5.32 Å². The van der Waals surface area contributed by atoms with Crippen molar-refractivity contribution in [1.29, 1.82) is 0 Å². The highest BCUT2D eigenvalue weighted by Gasteiger charge is 2.18. The topological polar surface area (TPSA) is 38.3 Å². The van der Waals surface area contributed by atoms with Crippen molar-refractivity contribution in [3.63, 3.8) is 0 Å². The maximum atomic E-state index is 12.0. The predicted molar refractivity (Wildman–Crippen MR) is 78.4 cm³/mol. The molecule has 1 rings (SSSR count). The van der Waals surface area contributed by atoms with Gasteiger partial charge in [-0.2, -0.15) is 0 Å². The molecule has 1 N–H and O–H groups in total. The van der Waals surface area contributed by atoms with Crippen LogP contribution in [0.3, 0.4) is 0 Å². The second kappa shape index (κ2) is 8.57. The molecule has 0 unspecified atom stereocenters. The van der Waals surface area contributed by atoms with E-state index in [-0.39, 0.29) is 5.91 Å². The highest BCUT2D eigenvalue weighted by Crippen LogP contribution is 2.18. The molecular formula is C16H25NO2. The average Bonchev–Trinajstić information content (AvgIpc) is 2.42. The fourth-order valence-electron chi connectivity index (χ4n) is 1.86. The smallest absolute Gasteiger partial charge is 0.261 e. The SMILES string of the molecule is CCCCCNC(=O)[C@H](CC)Oc1ccccc1C. The minimum absolute atomic E-state index is 0.0122. The number of amides is 1. The van der Waals surface area contributed by atoms with Crippen molar-refractivity contribution in [2.75, 3.05) is 6.54 Å². The summed E-state index contributed by atoms with van der Waals surface area (Å²) in [7, 11) is 0. The molecule has 0 heterocycles. The molecule has 19 heavy (non-hydrogen) atoms. The van der Waals surface area contributed by atoms with Crippen LogP contribution in [0.25, 0.3) is 0 Å². The van der Waals surface area contributed by atoms with Crippen LogP contribution in [0.5, 0.6) is 5.75 Å². The number of hydrogen-bond donors (Lipinski definition) is 1. The minimum atomic E-state index is -0.400. The molecule has 106 valence electrons. The number of nitrogens with one attached hydrogen (secondary N) is 1. The van der Waals surface area contributed by atoms with Crippen molar-refractivity contribution in [3.05, 3.63) is 29.8 Å². The molecule has 0 aliphatic rings. The Hall–Kier alpha value is -1.51. The summed E-state index contributed by atoms with van der Waals surface area (Å²) in [5, 5.41) is 2.94. The van der Waals surface area contributed by atoms with E-state index in [1.807, 2.05) is 38.1 Å². The van der Waals surface area contributed by atoms with Crippen LogP contribution in [-0.2, 0) is 4.79 Å². The summed E-state index contributed by atoms with van der Waals surface area (Å²) in [6, 6.07) is 7.78. The number of unbranched alkanes of at least 4 members (excludes halogenated alkanes) is 2. The summed E-state index contributed by atoms with van der Waals surface area (Å²) < 4.78 is 5.80. The summed E-state index contributed by atoms with van der Waals surface area (Å²) in [4.78, 5) is 12.0. The van der Waals surface area contributed by atoms with Gasteiger partial charge in [-0.3, -0.25) is 4.79 Å². The zero-order valence-corrected chi connectivity index (χ0v) is 12.2. The Kier molecular flexibility index (Phi) is 7.01. The predicted octanol–water partition coefficient (Wildman–Crippen LogP) is 3.46. The number of hydrogen-bond acceptors (Lipinski definition) is 2. The van der Waals surface area contributed by atoms with Gasteiger partial charge in [-0.05, 0) is 31.4 Å². The van der Waals surface area contributed by atoms with Gasteiger partial charge in [-0.15, -0.1) is 0 Å². The molecule has 0 aromatic heterocycles. The quantitative estimate of drug-likeness (QED) is 0.729. The fraction of sp³-hybridized carbons (Fsp3) is 0.562. The first kappa shape index (κ1) is 15.5. The van der Waals surface area contributed by atoms with Crippen LogP contribution in [0.2, 0.25) is 0 Å². The Bertz CT molecular complexity index is 390. The maximum Gasteiger partial charge on any atom is 0.261 e. The van der Waals surface area contributed by atoms with Crippen LogP contribution < -0.4 is 10.1 Å². The van der Waals surface area contributed by atoms with Gasteiger partial charge in [0.1, 0.15) is 5.75 Å². The van der Waals surface area contributed by atoms with Crippen LogP contribution in [0.1, 0.15) is 45.1 Å². The van der Waals surface area contributed by atoms with Gasteiger partial charge in [0.2, 0.25) is 0 Å². The number of ether oxygens (including phenoxy) is 1. The second-order valence-electron chi connectivity index (χ2n) is 4.78. The minimum Gasteiger partial charge on any atom is -0.480 e. The highest BCUT2D eigenvalue weighted by molar-refractivity contribution is 5.81. The van der Waals surface area contributed by atoms with E-state index in [1.54, 1.807) is 0 Å². The summed E-state index contributed by atoms with van der Waals surface area (Å²) in [5.74, 6) is 0.778. The van der Waals surface area contributed by atoms with Crippen LogP contribution in [0.15, 0.2) is 24.3 Å². The second-order valence-corrected chi connectivity index (χ2v) is 4.78.